The number of aliphatic hydroxyl groups excluding tert-OH is 1. The van der Waals surface area contributed by atoms with E-state index in [9.17, 15) is 14.7 Å². The lowest BCUT2D eigenvalue weighted by atomic mass is 10.0. The molecule has 0 bridgehead atoms. The van der Waals surface area contributed by atoms with E-state index in [2.05, 4.69) is 4.98 Å². The summed E-state index contributed by atoms with van der Waals surface area (Å²) in [6, 6.07) is 15.3. The number of nitrogens with one attached hydrogen (secondary N) is 1. The highest BCUT2D eigenvalue weighted by atomic mass is 16.5. The van der Waals surface area contributed by atoms with Crippen LogP contribution in [0.25, 0.3) is 10.9 Å². The van der Waals surface area contributed by atoms with Gasteiger partial charge < -0.3 is 19.9 Å². The summed E-state index contributed by atoms with van der Waals surface area (Å²) in [6.45, 7) is 0.299. The van der Waals surface area contributed by atoms with Crippen LogP contribution in [0.2, 0.25) is 0 Å². The maximum atomic E-state index is 11.6. The van der Waals surface area contributed by atoms with Gasteiger partial charge in [-0.1, -0.05) is 36.4 Å². The summed E-state index contributed by atoms with van der Waals surface area (Å²) < 4.78 is 5.76. The zero-order valence-electron chi connectivity index (χ0n) is 12.6. The smallest absolute Gasteiger partial charge is 0.337 e. The molecule has 0 amide bonds. The van der Waals surface area contributed by atoms with E-state index in [1.165, 1.54) is 18.2 Å². The first kappa shape index (κ1) is 15.8. The predicted molar refractivity (Wildman–Crippen MR) is 87.9 cm³/mol. The number of hydrogen-bond acceptors (Lipinski definition) is 4. The number of pyridine rings is 1. The number of hydrogen-bond donors (Lipinski definition) is 3. The van der Waals surface area contributed by atoms with Gasteiger partial charge in [0.15, 0.2) is 6.10 Å². The van der Waals surface area contributed by atoms with Crippen molar-refractivity contribution >= 4 is 16.9 Å². The zero-order chi connectivity index (χ0) is 17.1. The first-order valence-electron chi connectivity index (χ1n) is 7.30. The van der Waals surface area contributed by atoms with Gasteiger partial charge in [0.05, 0.1) is 5.52 Å². The number of benzene rings is 2. The number of H-pyrrole nitrogens is 1. The van der Waals surface area contributed by atoms with Crippen LogP contribution in [0.4, 0.5) is 0 Å². The standard InChI is InChI=1S/C18H15NO5/c20-15-9-7-12-13(17(21)18(22)23)6-8-14(16(12)19-15)24-10-11-4-2-1-3-5-11/h1-9,17,21H,10H2,(H,19,20)(H,22,23). The number of ether oxygens (including phenoxy) is 1. The van der Waals surface area contributed by atoms with Crippen LogP contribution in [-0.2, 0) is 11.4 Å². The van der Waals surface area contributed by atoms with Crippen molar-refractivity contribution in [2.24, 2.45) is 0 Å². The molecule has 0 radical (unpaired) electrons. The van der Waals surface area contributed by atoms with Crippen LogP contribution in [0.15, 0.2) is 59.4 Å². The lowest BCUT2D eigenvalue weighted by molar-refractivity contribution is -0.146. The van der Waals surface area contributed by atoms with Gasteiger partial charge in [0.1, 0.15) is 12.4 Å². The average molecular weight is 325 g/mol. The molecule has 122 valence electrons. The second kappa shape index (κ2) is 6.55. The highest BCUT2D eigenvalue weighted by Crippen LogP contribution is 2.30. The SMILES string of the molecule is O=C(O)C(O)c1ccc(OCc2ccccc2)c2[nH]c(=O)ccc12. The Kier molecular flexibility index (Phi) is 4.31. The fourth-order valence-corrected chi connectivity index (χ4v) is 2.48. The van der Waals surface area contributed by atoms with E-state index in [0.717, 1.165) is 5.56 Å². The van der Waals surface area contributed by atoms with Crippen LogP contribution in [0.5, 0.6) is 5.75 Å². The Hall–Kier alpha value is -3.12. The van der Waals surface area contributed by atoms with Gasteiger partial charge in [-0.05, 0) is 17.7 Å². The topological polar surface area (TPSA) is 99.6 Å². The number of aromatic nitrogens is 1. The Balaban J connectivity index is 2.03. The van der Waals surface area contributed by atoms with Crippen LogP contribution in [0.1, 0.15) is 17.2 Å². The van der Waals surface area contributed by atoms with E-state index < -0.39 is 12.1 Å². The molecule has 24 heavy (non-hydrogen) atoms. The Morgan fingerprint density at radius 3 is 2.54 bits per heavy atom. The summed E-state index contributed by atoms with van der Waals surface area (Å²) in [5.74, 6) is -0.951. The third-order valence-corrected chi connectivity index (χ3v) is 3.66. The minimum Gasteiger partial charge on any atom is -0.487 e. The Morgan fingerprint density at radius 2 is 1.83 bits per heavy atom. The van der Waals surface area contributed by atoms with E-state index in [1.54, 1.807) is 6.07 Å². The quantitative estimate of drug-likeness (QED) is 0.668. The van der Waals surface area contributed by atoms with Crippen molar-refractivity contribution in [3.63, 3.8) is 0 Å². The fraction of sp³-hybridized carbons (Fsp3) is 0.111. The molecule has 3 N–H and O–H groups in total. The van der Waals surface area contributed by atoms with Gasteiger partial charge in [-0.25, -0.2) is 4.79 Å². The third kappa shape index (κ3) is 3.13. The normalized spacial score (nSPS) is 12.0. The molecule has 0 aliphatic heterocycles. The van der Waals surface area contributed by atoms with Gasteiger partial charge in [-0.3, -0.25) is 4.79 Å². The van der Waals surface area contributed by atoms with Crippen molar-refractivity contribution in [3.8, 4) is 5.75 Å². The molecule has 1 aromatic heterocycles. The number of fused-ring (bicyclic) bond motifs is 1. The number of aliphatic hydroxyl groups is 1. The monoisotopic (exact) mass is 325 g/mol. The minimum atomic E-state index is -1.68. The molecule has 0 fully saturated rings. The molecule has 3 rings (SSSR count). The molecule has 1 heterocycles. The number of carbonyl (C=O) groups is 1. The Bertz CT molecular complexity index is 933. The molecule has 1 atom stereocenters. The molecular formula is C18H15NO5. The number of aliphatic carboxylic acids is 1. The summed E-state index contributed by atoms with van der Waals surface area (Å²) in [6.07, 6.45) is -1.68. The first-order valence-corrected chi connectivity index (χ1v) is 7.30. The zero-order valence-corrected chi connectivity index (χ0v) is 12.6. The second-order valence-electron chi connectivity index (χ2n) is 5.28. The van der Waals surface area contributed by atoms with Gasteiger partial charge in [0.25, 0.3) is 0 Å². The number of carboxylic acid groups (broad SMARTS) is 1. The summed E-state index contributed by atoms with van der Waals surface area (Å²) in [7, 11) is 0. The average Bonchev–Trinajstić information content (AvgIpc) is 2.59. The van der Waals surface area contributed by atoms with Crippen molar-refractivity contribution in [1.29, 1.82) is 0 Å². The summed E-state index contributed by atoms with van der Waals surface area (Å²) in [5, 5.41) is 19.3. The molecule has 0 aliphatic rings. The van der Waals surface area contributed by atoms with Crippen LogP contribution < -0.4 is 10.3 Å². The highest BCUT2D eigenvalue weighted by molar-refractivity contribution is 5.91. The molecule has 6 nitrogen and oxygen atoms in total. The lowest BCUT2D eigenvalue weighted by Gasteiger charge is -2.14. The summed E-state index contributed by atoms with van der Waals surface area (Å²) >= 11 is 0. The molecule has 0 spiro atoms. The van der Waals surface area contributed by atoms with Crippen molar-refractivity contribution in [1.82, 2.24) is 4.98 Å². The number of carboxylic acids is 1. The maximum absolute atomic E-state index is 11.6. The van der Waals surface area contributed by atoms with Crippen LogP contribution >= 0.6 is 0 Å². The Morgan fingerprint density at radius 1 is 1.08 bits per heavy atom. The van der Waals surface area contributed by atoms with Gasteiger partial charge in [0, 0.05) is 17.0 Å². The predicted octanol–water partition coefficient (Wildman–Crippen LogP) is 2.23. The van der Waals surface area contributed by atoms with Crippen LogP contribution in [0.3, 0.4) is 0 Å². The van der Waals surface area contributed by atoms with Crippen molar-refractivity contribution in [2.45, 2.75) is 12.7 Å². The highest BCUT2D eigenvalue weighted by Gasteiger charge is 2.20. The molecule has 0 saturated carbocycles. The largest absolute Gasteiger partial charge is 0.487 e. The second-order valence-corrected chi connectivity index (χ2v) is 5.28. The van der Waals surface area contributed by atoms with Crippen molar-refractivity contribution < 1.29 is 19.7 Å². The van der Waals surface area contributed by atoms with Gasteiger partial charge in [0.2, 0.25) is 5.56 Å². The Labute approximate surface area is 137 Å². The van der Waals surface area contributed by atoms with Gasteiger partial charge in [-0.2, -0.15) is 0 Å². The van der Waals surface area contributed by atoms with E-state index in [1.807, 2.05) is 30.3 Å². The summed E-state index contributed by atoms with van der Waals surface area (Å²) in [5.41, 5.74) is 1.17. The minimum absolute atomic E-state index is 0.195. The first-order chi connectivity index (χ1) is 11.6. The molecule has 0 aliphatic carbocycles. The van der Waals surface area contributed by atoms with Gasteiger partial charge in [-0.15, -0.1) is 0 Å². The van der Waals surface area contributed by atoms with E-state index in [4.69, 9.17) is 9.84 Å². The molecule has 2 aromatic carbocycles. The lowest BCUT2D eigenvalue weighted by Crippen LogP contribution is -2.12. The van der Waals surface area contributed by atoms with Gasteiger partial charge >= 0.3 is 5.97 Å². The summed E-state index contributed by atoms with van der Waals surface area (Å²) in [4.78, 5) is 25.3. The number of aromatic amines is 1. The molecule has 1 unspecified atom stereocenters. The third-order valence-electron chi connectivity index (χ3n) is 3.66. The number of rotatable bonds is 5. The van der Waals surface area contributed by atoms with E-state index >= 15 is 0 Å². The molecule has 0 saturated heterocycles. The maximum Gasteiger partial charge on any atom is 0.337 e. The molecule has 3 aromatic rings. The van der Waals surface area contributed by atoms with Crippen molar-refractivity contribution in [3.05, 3.63) is 76.1 Å². The van der Waals surface area contributed by atoms with E-state index in [0.29, 0.717) is 23.3 Å². The van der Waals surface area contributed by atoms with E-state index in [-0.39, 0.29) is 11.1 Å². The molecular weight excluding hydrogens is 310 g/mol. The fourth-order valence-electron chi connectivity index (χ4n) is 2.48. The van der Waals surface area contributed by atoms with Crippen LogP contribution in [0, 0.1) is 0 Å². The van der Waals surface area contributed by atoms with Crippen LogP contribution in [-0.4, -0.2) is 21.2 Å². The molecule has 6 heteroatoms. The van der Waals surface area contributed by atoms with Crippen molar-refractivity contribution in [2.75, 3.05) is 0 Å².